The fourth-order valence-corrected chi connectivity index (χ4v) is 5.10. The first-order valence-electron chi connectivity index (χ1n) is 10.5. The Labute approximate surface area is 189 Å². The van der Waals surface area contributed by atoms with Crippen LogP contribution in [0.5, 0.6) is 0 Å². The van der Waals surface area contributed by atoms with Crippen molar-refractivity contribution in [1.29, 1.82) is 0 Å². The fourth-order valence-electron chi connectivity index (χ4n) is 4.36. The van der Waals surface area contributed by atoms with E-state index in [1.54, 1.807) is 24.6 Å². The molecule has 1 saturated heterocycles. The number of nitrogens with one attached hydrogen (secondary N) is 2. The van der Waals surface area contributed by atoms with Crippen LogP contribution in [-0.4, -0.2) is 57.7 Å². The van der Waals surface area contributed by atoms with Crippen LogP contribution >= 0.6 is 11.3 Å². The SMILES string of the molecule is CC(=O)Nc1ccc(-c2csc(NC(=O)CN3C(=O)N(C)C4(CCCCC4)C3=O)n2)cc1. The van der Waals surface area contributed by atoms with Crippen LogP contribution in [0.2, 0.25) is 0 Å². The third-order valence-electron chi connectivity index (χ3n) is 6.04. The van der Waals surface area contributed by atoms with Crippen molar-refractivity contribution in [3.63, 3.8) is 0 Å². The van der Waals surface area contributed by atoms with Gasteiger partial charge in [-0.05, 0) is 25.0 Å². The van der Waals surface area contributed by atoms with Gasteiger partial charge < -0.3 is 15.5 Å². The van der Waals surface area contributed by atoms with Crippen molar-refractivity contribution in [2.45, 2.75) is 44.6 Å². The fraction of sp³-hybridized carbons (Fsp3) is 0.409. The molecule has 10 heteroatoms. The summed E-state index contributed by atoms with van der Waals surface area (Å²) in [5, 5.41) is 7.58. The Morgan fingerprint density at radius 2 is 1.78 bits per heavy atom. The monoisotopic (exact) mass is 455 g/mol. The van der Waals surface area contributed by atoms with Gasteiger partial charge in [-0.1, -0.05) is 31.4 Å². The molecular formula is C22H25N5O4S. The van der Waals surface area contributed by atoms with Gasteiger partial charge >= 0.3 is 6.03 Å². The van der Waals surface area contributed by atoms with E-state index in [9.17, 15) is 19.2 Å². The molecule has 2 heterocycles. The Hall–Kier alpha value is -3.27. The summed E-state index contributed by atoms with van der Waals surface area (Å²) in [4.78, 5) is 56.4. The highest BCUT2D eigenvalue weighted by Gasteiger charge is 2.55. The van der Waals surface area contributed by atoms with E-state index in [0.29, 0.717) is 29.4 Å². The van der Waals surface area contributed by atoms with E-state index in [1.807, 2.05) is 12.1 Å². The molecule has 1 spiro atoms. The minimum absolute atomic E-state index is 0.146. The summed E-state index contributed by atoms with van der Waals surface area (Å²) in [6, 6.07) is 6.78. The van der Waals surface area contributed by atoms with Crippen LogP contribution in [0.25, 0.3) is 11.3 Å². The zero-order valence-electron chi connectivity index (χ0n) is 18.0. The van der Waals surface area contributed by atoms with Crippen LogP contribution in [0.15, 0.2) is 29.6 Å². The van der Waals surface area contributed by atoms with Gasteiger partial charge in [0.1, 0.15) is 12.1 Å². The number of thiazole rings is 1. The molecule has 2 aliphatic rings. The molecule has 0 unspecified atom stereocenters. The highest BCUT2D eigenvalue weighted by atomic mass is 32.1. The topological polar surface area (TPSA) is 112 Å². The molecular weight excluding hydrogens is 430 g/mol. The van der Waals surface area contributed by atoms with Gasteiger partial charge in [-0.2, -0.15) is 0 Å². The molecule has 1 aliphatic carbocycles. The molecule has 1 aliphatic heterocycles. The molecule has 1 aromatic heterocycles. The predicted octanol–water partition coefficient (Wildman–Crippen LogP) is 3.30. The molecule has 0 bridgehead atoms. The number of urea groups is 1. The van der Waals surface area contributed by atoms with E-state index >= 15 is 0 Å². The van der Waals surface area contributed by atoms with Crippen LogP contribution in [0.4, 0.5) is 15.6 Å². The third kappa shape index (κ3) is 4.10. The molecule has 32 heavy (non-hydrogen) atoms. The molecule has 9 nitrogen and oxygen atoms in total. The van der Waals surface area contributed by atoms with E-state index in [2.05, 4.69) is 15.6 Å². The highest BCUT2D eigenvalue weighted by Crippen LogP contribution is 2.39. The minimum atomic E-state index is -0.798. The quantitative estimate of drug-likeness (QED) is 0.672. The summed E-state index contributed by atoms with van der Waals surface area (Å²) in [5.41, 5.74) is 1.40. The number of hydrogen-bond acceptors (Lipinski definition) is 6. The molecule has 4 rings (SSSR count). The van der Waals surface area contributed by atoms with Gasteiger partial charge in [-0.25, -0.2) is 9.78 Å². The zero-order chi connectivity index (χ0) is 22.9. The van der Waals surface area contributed by atoms with Crippen LogP contribution in [0, 0.1) is 0 Å². The van der Waals surface area contributed by atoms with Crippen molar-refractivity contribution in [2.24, 2.45) is 0 Å². The Morgan fingerprint density at radius 3 is 2.44 bits per heavy atom. The number of carbonyl (C=O) groups is 4. The molecule has 2 fully saturated rings. The lowest BCUT2D eigenvalue weighted by molar-refractivity contribution is -0.136. The Morgan fingerprint density at radius 1 is 1.09 bits per heavy atom. The van der Waals surface area contributed by atoms with Crippen molar-refractivity contribution in [3.8, 4) is 11.3 Å². The number of carbonyl (C=O) groups excluding carboxylic acids is 4. The normalized spacial score (nSPS) is 17.7. The van der Waals surface area contributed by atoms with Gasteiger partial charge in [0.2, 0.25) is 11.8 Å². The molecule has 0 atom stereocenters. The summed E-state index contributed by atoms with van der Waals surface area (Å²) < 4.78 is 0. The maximum Gasteiger partial charge on any atom is 0.327 e. The lowest BCUT2D eigenvalue weighted by Crippen LogP contribution is -2.49. The number of rotatable bonds is 5. The van der Waals surface area contributed by atoms with Crippen molar-refractivity contribution in [2.75, 3.05) is 24.2 Å². The molecule has 168 valence electrons. The van der Waals surface area contributed by atoms with Crippen LogP contribution in [0.1, 0.15) is 39.0 Å². The third-order valence-corrected chi connectivity index (χ3v) is 6.79. The van der Waals surface area contributed by atoms with E-state index < -0.39 is 17.5 Å². The Balaban J connectivity index is 1.40. The maximum atomic E-state index is 13.0. The van der Waals surface area contributed by atoms with Gasteiger partial charge in [-0.3, -0.25) is 19.3 Å². The average molecular weight is 456 g/mol. The van der Waals surface area contributed by atoms with Gasteiger partial charge in [0, 0.05) is 30.6 Å². The second-order valence-electron chi connectivity index (χ2n) is 8.17. The Kier molecular flexibility index (Phi) is 5.96. The largest absolute Gasteiger partial charge is 0.327 e. The van der Waals surface area contributed by atoms with Crippen LogP contribution in [0.3, 0.4) is 0 Å². The van der Waals surface area contributed by atoms with Crippen molar-refractivity contribution in [3.05, 3.63) is 29.6 Å². The Bertz CT molecular complexity index is 1060. The smallest absolute Gasteiger partial charge is 0.326 e. The van der Waals surface area contributed by atoms with E-state index in [0.717, 1.165) is 29.7 Å². The van der Waals surface area contributed by atoms with Gasteiger partial charge in [0.05, 0.1) is 5.69 Å². The molecule has 1 aromatic carbocycles. The van der Waals surface area contributed by atoms with E-state index in [-0.39, 0.29) is 18.4 Å². The number of hydrogen-bond donors (Lipinski definition) is 2. The van der Waals surface area contributed by atoms with Gasteiger partial charge in [0.15, 0.2) is 5.13 Å². The van der Waals surface area contributed by atoms with Gasteiger partial charge in [-0.15, -0.1) is 11.3 Å². The molecule has 2 aromatic rings. The standard InChI is InChI=1S/C22H25N5O4S/c1-14(28)23-16-8-6-15(7-9-16)17-13-32-20(24-17)25-18(29)12-27-19(30)22(26(2)21(27)31)10-4-3-5-11-22/h6-9,13H,3-5,10-12H2,1-2H3,(H,23,28)(H,24,25,29). The first kappa shape index (κ1) is 21.9. The molecule has 2 N–H and O–H groups in total. The van der Waals surface area contributed by atoms with Crippen molar-refractivity contribution >= 4 is 45.9 Å². The summed E-state index contributed by atoms with van der Waals surface area (Å²) in [7, 11) is 1.65. The second kappa shape index (κ2) is 8.70. The zero-order valence-corrected chi connectivity index (χ0v) is 18.8. The maximum absolute atomic E-state index is 13.0. The second-order valence-corrected chi connectivity index (χ2v) is 9.03. The summed E-state index contributed by atoms with van der Waals surface area (Å²) >= 11 is 1.26. The number of amides is 5. The number of anilines is 2. The van der Waals surface area contributed by atoms with Crippen molar-refractivity contribution in [1.82, 2.24) is 14.8 Å². The van der Waals surface area contributed by atoms with E-state index in [1.165, 1.54) is 23.2 Å². The molecule has 1 saturated carbocycles. The molecule has 0 radical (unpaired) electrons. The minimum Gasteiger partial charge on any atom is -0.326 e. The van der Waals surface area contributed by atoms with Gasteiger partial charge in [0.25, 0.3) is 5.91 Å². The number of imide groups is 1. The lowest BCUT2D eigenvalue weighted by atomic mass is 9.81. The number of benzene rings is 1. The van der Waals surface area contributed by atoms with E-state index in [4.69, 9.17) is 0 Å². The van der Waals surface area contributed by atoms with Crippen molar-refractivity contribution < 1.29 is 19.2 Å². The average Bonchev–Trinajstić information content (AvgIpc) is 3.30. The highest BCUT2D eigenvalue weighted by molar-refractivity contribution is 7.14. The summed E-state index contributed by atoms with van der Waals surface area (Å²) in [5.74, 6) is -0.888. The molecule has 5 amide bonds. The van der Waals surface area contributed by atoms with Crippen LogP contribution < -0.4 is 10.6 Å². The number of aromatic nitrogens is 1. The summed E-state index contributed by atoms with van der Waals surface area (Å²) in [6.45, 7) is 1.11. The predicted molar refractivity (Wildman–Crippen MR) is 121 cm³/mol. The first-order valence-corrected chi connectivity index (χ1v) is 11.4. The van der Waals surface area contributed by atoms with Crippen LogP contribution in [-0.2, 0) is 14.4 Å². The number of likely N-dealkylation sites (N-methyl/N-ethyl adjacent to an activating group) is 1. The number of nitrogens with zero attached hydrogens (tertiary/aromatic N) is 3. The summed E-state index contributed by atoms with van der Waals surface area (Å²) in [6.07, 6.45) is 4.14. The first-order chi connectivity index (χ1) is 15.3. The lowest BCUT2D eigenvalue weighted by Gasteiger charge is -2.35.